The second-order valence-electron chi connectivity index (χ2n) is 5.91. The van der Waals surface area contributed by atoms with Gasteiger partial charge in [-0.3, -0.25) is 0 Å². The number of nitriles is 1. The van der Waals surface area contributed by atoms with Crippen LogP contribution in [0, 0.1) is 11.3 Å². The fraction of sp³-hybridized carbons (Fsp3) is 0.533. The molecule has 112 valence electrons. The Morgan fingerprint density at radius 2 is 1.91 bits per heavy atom. The SMILES string of the molecule is N#Cc1ccc(N2CCC(c3noc(C4CC4)n3)CC2)nn1. The summed E-state index contributed by atoms with van der Waals surface area (Å²) in [4.78, 5) is 6.74. The zero-order chi connectivity index (χ0) is 14.9. The molecule has 2 aromatic heterocycles. The van der Waals surface area contributed by atoms with E-state index in [0.29, 0.717) is 17.5 Å². The van der Waals surface area contributed by atoms with Crippen molar-refractivity contribution >= 4 is 5.82 Å². The number of hydrogen-bond donors (Lipinski definition) is 0. The lowest BCUT2D eigenvalue weighted by molar-refractivity contribution is 0.364. The van der Waals surface area contributed by atoms with E-state index in [4.69, 9.17) is 9.78 Å². The Morgan fingerprint density at radius 1 is 1.09 bits per heavy atom. The molecule has 7 heteroatoms. The maximum absolute atomic E-state index is 8.76. The monoisotopic (exact) mass is 296 g/mol. The number of nitrogens with zero attached hydrogens (tertiary/aromatic N) is 6. The van der Waals surface area contributed by atoms with Crippen LogP contribution in [0.5, 0.6) is 0 Å². The minimum Gasteiger partial charge on any atom is -0.355 e. The first-order valence-corrected chi connectivity index (χ1v) is 7.66. The van der Waals surface area contributed by atoms with Gasteiger partial charge in [0.15, 0.2) is 17.3 Å². The molecule has 0 aromatic carbocycles. The van der Waals surface area contributed by atoms with Gasteiger partial charge in [-0.05, 0) is 37.8 Å². The van der Waals surface area contributed by atoms with E-state index in [1.807, 2.05) is 12.1 Å². The highest BCUT2D eigenvalue weighted by atomic mass is 16.5. The maximum Gasteiger partial charge on any atom is 0.229 e. The third kappa shape index (κ3) is 2.52. The van der Waals surface area contributed by atoms with Gasteiger partial charge in [0.25, 0.3) is 0 Å². The summed E-state index contributed by atoms with van der Waals surface area (Å²) in [6, 6.07) is 5.54. The van der Waals surface area contributed by atoms with Crippen molar-refractivity contribution in [3.05, 3.63) is 29.5 Å². The Balaban J connectivity index is 1.39. The summed E-state index contributed by atoms with van der Waals surface area (Å²) >= 11 is 0. The molecular formula is C15H16N6O. The summed E-state index contributed by atoms with van der Waals surface area (Å²) in [5.74, 6) is 3.36. The molecule has 0 amide bonds. The predicted octanol–water partition coefficient (Wildman–Crippen LogP) is 1.99. The van der Waals surface area contributed by atoms with Gasteiger partial charge in [-0.25, -0.2) is 0 Å². The highest BCUT2D eigenvalue weighted by molar-refractivity contribution is 5.39. The Kier molecular flexibility index (Phi) is 3.22. The molecule has 7 nitrogen and oxygen atoms in total. The van der Waals surface area contributed by atoms with Crippen molar-refractivity contribution in [1.29, 1.82) is 5.26 Å². The smallest absolute Gasteiger partial charge is 0.229 e. The van der Waals surface area contributed by atoms with Crippen LogP contribution in [0.15, 0.2) is 16.7 Å². The zero-order valence-corrected chi connectivity index (χ0v) is 12.1. The fourth-order valence-electron chi connectivity index (χ4n) is 2.83. The van der Waals surface area contributed by atoms with E-state index in [-0.39, 0.29) is 0 Å². The fourth-order valence-corrected chi connectivity index (χ4v) is 2.83. The zero-order valence-electron chi connectivity index (χ0n) is 12.1. The van der Waals surface area contributed by atoms with Gasteiger partial charge in [0, 0.05) is 24.9 Å². The second kappa shape index (κ2) is 5.37. The molecule has 2 aliphatic rings. The van der Waals surface area contributed by atoms with Crippen LogP contribution in [0.1, 0.15) is 54.9 Å². The molecule has 3 heterocycles. The third-order valence-electron chi connectivity index (χ3n) is 4.33. The van der Waals surface area contributed by atoms with Crippen molar-refractivity contribution in [2.45, 2.75) is 37.5 Å². The quantitative estimate of drug-likeness (QED) is 0.855. The van der Waals surface area contributed by atoms with Crippen molar-refractivity contribution in [3.63, 3.8) is 0 Å². The third-order valence-corrected chi connectivity index (χ3v) is 4.33. The Morgan fingerprint density at radius 3 is 2.55 bits per heavy atom. The van der Waals surface area contributed by atoms with Crippen molar-refractivity contribution in [2.75, 3.05) is 18.0 Å². The average molecular weight is 296 g/mol. The Labute approximate surface area is 128 Å². The van der Waals surface area contributed by atoms with Crippen molar-refractivity contribution in [1.82, 2.24) is 20.3 Å². The lowest BCUT2D eigenvalue weighted by Gasteiger charge is -2.31. The highest BCUT2D eigenvalue weighted by Gasteiger charge is 2.32. The van der Waals surface area contributed by atoms with Gasteiger partial charge >= 0.3 is 0 Å². The van der Waals surface area contributed by atoms with Crippen LogP contribution in [0.3, 0.4) is 0 Å². The van der Waals surface area contributed by atoms with Crippen molar-refractivity contribution in [3.8, 4) is 6.07 Å². The molecule has 0 unspecified atom stereocenters. The number of hydrogen-bond acceptors (Lipinski definition) is 7. The van der Waals surface area contributed by atoms with Crippen molar-refractivity contribution < 1.29 is 4.52 Å². The topological polar surface area (TPSA) is 91.7 Å². The summed E-state index contributed by atoms with van der Waals surface area (Å²) < 4.78 is 5.35. The molecule has 0 bridgehead atoms. The first-order valence-electron chi connectivity index (χ1n) is 7.66. The summed E-state index contributed by atoms with van der Waals surface area (Å²) in [5.41, 5.74) is 0.345. The van der Waals surface area contributed by atoms with E-state index in [2.05, 4.69) is 25.2 Å². The normalized spacial score (nSPS) is 19.1. The minimum atomic E-state index is 0.345. The van der Waals surface area contributed by atoms with E-state index >= 15 is 0 Å². The lowest BCUT2D eigenvalue weighted by atomic mass is 9.96. The molecule has 4 rings (SSSR count). The van der Waals surface area contributed by atoms with E-state index in [9.17, 15) is 0 Å². The molecule has 1 aliphatic carbocycles. The molecule has 1 saturated carbocycles. The molecule has 0 spiro atoms. The molecule has 22 heavy (non-hydrogen) atoms. The van der Waals surface area contributed by atoms with Crippen LogP contribution in [-0.4, -0.2) is 33.4 Å². The molecule has 2 aromatic rings. The van der Waals surface area contributed by atoms with Gasteiger partial charge in [0.05, 0.1) is 0 Å². The van der Waals surface area contributed by atoms with Crippen LogP contribution in [0.25, 0.3) is 0 Å². The van der Waals surface area contributed by atoms with Crippen LogP contribution >= 0.6 is 0 Å². The maximum atomic E-state index is 8.76. The van der Waals surface area contributed by atoms with Gasteiger partial charge in [0.2, 0.25) is 5.89 Å². The molecule has 0 atom stereocenters. The molecule has 0 radical (unpaired) electrons. The lowest BCUT2D eigenvalue weighted by Crippen LogP contribution is -2.33. The molecular weight excluding hydrogens is 280 g/mol. The second-order valence-corrected chi connectivity index (χ2v) is 5.91. The first-order chi connectivity index (χ1) is 10.8. The average Bonchev–Trinajstić information content (AvgIpc) is 3.32. The van der Waals surface area contributed by atoms with E-state index in [0.717, 1.165) is 43.5 Å². The van der Waals surface area contributed by atoms with Crippen LogP contribution in [-0.2, 0) is 0 Å². The number of anilines is 1. The molecule has 2 fully saturated rings. The van der Waals surface area contributed by atoms with Crippen molar-refractivity contribution in [2.24, 2.45) is 0 Å². The van der Waals surface area contributed by atoms with E-state index < -0.39 is 0 Å². The summed E-state index contributed by atoms with van der Waals surface area (Å²) in [5, 5.41) is 20.9. The summed E-state index contributed by atoms with van der Waals surface area (Å²) in [6.07, 6.45) is 4.31. The van der Waals surface area contributed by atoms with Gasteiger partial charge in [0.1, 0.15) is 6.07 Å². The molecule has 0 N–H and O–H groups in total. The van der Waals surface area contributed by atoms with Gasteiger partial charge in [-0.2, -0.15) is 10.2 Å². The number of rotatable bonds is 3. The molecule has 1 saturated heterocycles. The van der Waals surface area contributed by atoms with Crippen LogP contribution in [0.2, 0.25) is 0 Å². The standard InChI is InChI=1S/C15H16N6O/c16-9-12-3-4-13(19-18-12)21-7-5-10(6-8-21)14-17-15(22-20-14)11-1-2-11/h3-4,10-11H,1-2,5-8H2. The molecule has 1 aliphatic heterocycles. The summed E-state index contributed by atoms with van der Waals surface area (Å²) in [7, 11) is 0. The first kappa shape index (κ1) is 13.2. The van der Waals surface area contributed by atoms with Gasteiger partial charge < -0.3 is 9.42 Å². The number of aromatic nitrogens is 4. The van der Waals surface area contributed by atoms with Gasteiger partial charge in [-0.15, -0.1) is 10.2 Å². The van der Waals surface area contributed by atoms with Crippen LogP contribution in [0.4, 0.5) is 5.82 Å². The largest absolute Gasteiger partial charge is 0.355 e. The number of piperidine rings is 1. The highest BCUT2D eigenvalue weighted by Crippen LogP contribution is 2.39. The van der Waals surface area contributed by atoms with E-state index in [1.54, 1.807) is 6.07 Å². The van der Waals surface area contributed by atoms with E-state index in [1.165, 1.54) is 12.8 Å². The Hall–Kier alpha value is -2.49. The summed E-state index contributed by atoms with van der Waals surface area (Å²) in [6.45, 7) is 1.77. The van der Waals surface area contributed by atoms with Crippen LogP contribution < -0.4 is 4.90 Å². The van der Waals surface area contributed by atoms with Gasteiger partial charge in [-0.1, -0.05) is 5.16 Å². The Bertz CT molecular complexity index is 692. The minimum absolute atomic E-state index is 0.345. The predicted molar refractivity (Wildman–Crippen MR) is 77.2 cm³/mol.